The third-order valence-electron chi connectivity index (χ3n) is 4.70. The van der Waals surface area contributed by atoms with Crippen molar-refractivity contribution in [3.05, 3.63) is 24.3 Å². The van der Waals surface area contributed by atoms with Crippen molar-refractivity contribution in [3.8, 4) is 0 Å². The molecule has 1 saturated heterocycles. The Labute approximate surface area is 121 Å². The van der Waals surface area contributed by atoms with Gasteiger partial charge in [-0.1, -0.05) is 12.1 Å². The molecule has 0 aromatic heterocycles. The molecule has 1 atom stereocenters. The first-order valence-electron chi connectivity index (χ1n) is 7.57. The molecule has 3 rings (SSSR count). The molecule has 4 nitrogen and oxygen atoms in total. The van der Waals surface area contributed by atoms with Crippen LogP contribution >= 0.6 is 0 Å². The van der Waals surface area contributed by atoms with Gasteiger partial charge in [-0.3, -0.25) is 0 Å². The van der Waals surface area contributed by atoms with E-state index in [1.807, 2.05) is 0 Å². The normalized spacial score (nSPS) is 26.5. The fourth-order valence-electron chi connectivity index (χ4n) is 3.40. The number of ether oxygens (including phenoxy) is 1. The standard InChI is InChI=1S/C16H25N3O/c1-18-8-9-19(15-6-3-2-5-14(15)18)12-16(11-17)7-4-10-20-13-16/h2-3,5-6H,4,7-13,17H2,1H3. The van der Waals surface area contributed by atoms with E-state index in [1.54, 1.807) is 0 Å². The van der Waals surface area contributed by atoms with Gasteiger partial charge >= 0.3 is 0 Å². The Bertz CT molecular complexity index is 457. The summed E-state index contributed by atoms with van der Waals surface area (Å²) in [5.74, 6) is 0. The highest BCUT2D eigenvalue weighted by Gasteiger charge is 2.35. The quantitative estimate of drug-likeness (QED) is 0.911. The van der Waals surface area contributed by atoms with Gasteiger partial charge in [0.25, 0.3) is 0 Å². The fraction of sp³-hybridized carbons (Fsp3) is 0.625. The van der Waals surface area contributed by atoms with E-state index in [9.17, 15) is 0 Å². The average molecular weight is 275 g/mol. The molecule has 4 heteroatoms. The number of hydrogen-bond acceptors (Lipinski definition) is 4. The minimum atomic E-state index is 0.126. The molecule has 1 unspecified atom stereocenters. The highest BCUT2D eigenvalue weighted by atomic mass is 16.5. The second-order valence-electron chi connectivity index (χ2n) is 6.19. The molecule has 110 valence electrons. The first-order chi connectivity index (χ1) is 9.74. The number of para-hydroxylation sites is 2. The van der Waals surface area contributed by atoms with Crippen molar-refractivity contribution in [2.75, 3.05) is 56.2 Å². The summed E-state index contributed by atoms with van der Waals surface area (Å²) in [6.07, 6.45) is 2.31. The first kappa shape index (κ1) is 13.7. The number of hydrogen-bond donors (Lipinski definition) is 1. The van der Waals surface area contributed by atoms with E-state index in [0.717, 1.165) is 39.3 Å². The first-order valence-corrected chi connectivity index (χ1v) is 7.57. The SMILES string of the molecule is CN1CCN(CC2(CN)CCCOC2)c2ccccc21. The van der Waals surface area contributed by atoms with Crippen LogP contribution in [0.5, 0.6) is 0 Å². The third-order valence-corrected chi connectivity index (χ3v) is 4.70. The lowest BCUT2D eigenvalue weighted by molar-refractivity contribution is 0.00118. The Morgan fingerprint density at radius 3 is 2.75 bits per heavy atom. The molecular formula is C16H25N3O. The van der Waals surface area contributed by atoms with Gasteiger partial charge in [0.2, 0.25) is 0 Å². The highest BCUT2D eigenvalue weighted by molar-refractivity contribution is 5.73. The Morgan fingerprint density at radius 1 is 1.25 bits per heavy atom. The molecule has 0 aliphatic carbocycles. The second kappa shape index (κ2) is 5.62. The molecule has 2 aliphatic rings. The van der Waals surface area contributed by atoms with Crippen LogP contribution in [0.25, 0.3) is 0 Å². The molecule has 2 N–H and O–H groups in total. The van der Waals surface area contributed by atoms with E-state index >= 15 is 0 Å². The molecule has 0 radical (unpaired) electrons. The number of likely N-dealkylation sites (N-methyl/N-ethyl adjacent to an activating group) is 1. The van der Waals surface area contributed by atoms with Crippen molar-refractivity contribution in [3.63, 3.8) is 0 Å². The van der Waals surface area contributed by atoms with Crippen LogP contribution in [-0.4, -0.2) is 46.4 Å². The largest absolute Gasteiger partial charge is 0.381 e. The smallest absolute Gasteiger partial charge is 0.0604 e. The second-order valence-corrected chi connectivity index (χ2v) is 6.19. The topological polar surface area (TPSA) is 41.7 Å². The van der Waals surface area contributed by atoms with Crippen molar-refractivity contribution in [1.82, 2.24) is 0 Å². The number of nitrogens with two attached hydrogens (primary N) is 1. The van der Waals surface area contributed by atoms with Crippen LogP contribution in [0.15, 0.2) is 24.3 Å². The van der Waals surface area contributed by atoms with Gasteiger partial charge in [-0.2, -0.15) is 0 Å². The zero-order valence-electron chi connectivity index (χ0n) is 12.3. The Hall–Kier alpha value is -1.26. The number of benzene rings is 1. The van der Waals surface area contributed by atoms with Crippen molar-refractivity contribution in [2.24, 2.45) is 11.1 Å². The van der Waals surface area contributed by atoms with E-state index in [4.69, 9.17) is 10.5 Å². The number of fused-ring (bicyclic) bond motifs is 1. The van der Waals surface area contributed by atoms with Crippen LogP contribution in [-0.2, 0) is 4.74 Å². The van der Waals surface area contributed by atoms with Gasteiger partial charge in [0.15, 0.2) is 0 Å². The van der Waals surface area contributed by atoms with E-state index < -0.39 is 0 Å². The van der Waals surface area contributed by atoms with Gasteiger partial charge < -0.3 is 20.3 Å². The molecule has 1 aromatic carbocycles. The summed E-state index contributed by atoms with van der Waals surface area (Å²) in [5.41, 5.74) is 8.87. The maximum atomic E-state index is 6.09. The minimum Gasteiger partial charge on any atom is -0.381 e. The Morgan fingerprint density at radius 2 is 2.05 bits per heavy atom. The van der Waals surface area contributed by atoms with Gasteiger partial charge in [0, 0.05) is 45.2 Å². The van der Waals surface area contributed by atoms with Gasteiger partial charge in [-0.25, -0.2) is 0 Å². The number of rotatable bonds is 3. The van der Waals surface area contributed by atoms with Crippen molar-refractivity contribution in [2.45, 2.75) is 12.8 Å². The van der Waals surface area contributed by atoms with Crippen molar-refractivity contribution in [1.29, 1.82) is 0 Å². The molecule has 20 heavy (non-hydrogen) atoms. The fourth-order valence-corrected chi connectivity index (χ4v) is 3.40. The molecule has 0 bridgehead atoms. The van der Waals surface area contributed by atoms with Crippen LogP contribution in [0, 0.1) is 5.41 Å². The molecule has 2 heterocycles. The van der Waals surface area contributed by atoms with Crippen molar-refractivity contribution < 1.29 is 4.74 Å². The summed E-state index contributed by atoms with van der Waals surface area (Å²) in [6.45, 7) is 5.54. The lowest BCUT2D eigenvalue weighted by atomic mass is 9.81. The van der Waals surface area contributed by atoms with Crippen LogP contribution in [0.1, 0.15) is 12.8 Å². The molecule has 0 saturated carbocycles. The maximum Gasteiger partial charge on any atom is 0.0604 e. The summed E-state index contributed by atoms with van der Waals surface area (Å²) in [6, 6.07) is 8.66. The highest BCUT2D eigenvalue weighted by Crippen LogP contribution is 2.36. The predicted octanol–water partition coefficient (Wildman–Crippen LogP) is 1.70. The minimum absolute atomic E-state index is 0.126. The molecule has 2 aliphatic heterocycles. The van der Waals surface area contributed by atoms with Crippen LogP contribution in [0.3, 0.4) is 0 Å². The van der Waals surface area contributed by atoms with E-state index in [2.05, 4.69) is 41.1 Å². The summed E-state index contributed by atoms with van der Waals surface area (Å²) in [7, 11) is 2.17. The summed E-state index contributed by atoms with van der Waals surface area (Å²) >= 11 is 0. The van der Waals surface area contributed by atoms with Gasteiger partial charge in [-0.05, 0) is 25.0 Å². The summed E-state index contributed by atoms with van der Waals surface area (Å²) in [4.78, 5) is 4.83. The Kier molecular flexibility index (Phi) is 3.85. The average Bonchev–Trinajstić information content (AvgIpc) is 2.51. The molecule has 1 fully saturated rings. The van der Waals surface area contributed by atoms with E-state index in [-0.39, 0.29) is 5.41 Å². The van der Waals surface area contributed by atoms with Crippen LogP contribution in [0.2, 0.25) is 0 Å². The Balaban J connectivity index is 1.82. The number of nitrogens with zero attached hydrogens (tertiary/aromatic N) is 2. The summed E-state index contributed by atoms with van der Waals surface area (Å²) < 4.78 is 5.71. The molecule has 1 aromatic rings. The van der Waals surface area contributed by atoms with Crippen LogP contribution < -0.4 is 15.5 Å². The number of anilines is 2. The van der Waals surface area contributed by atoms with Crippen LogP contribution in [0.4, 0.5) is 11.4 Å². The molecule has 0 spiro atoms. The van der Waals surface area contributed by atoms with E-state index in [0.29, 0.717) is 6.54 Å². The van der Waals surface area contributed by atoms with Gasteiger partial charge in [0.1, 0.15) is 0 Å². The zero-order valence-corrected chi connectivity index (χ0v) is 12.3. The van der Waals surface area contributed by atoms with Gasteiger partial charge in [0.05, 0.1) is 18.0 Å². The predicted molar refractivity (Wildman–Crippen MR) is 83.5 cm³/mol. The van der Waals surface area contributed by atoms with Crippen molar-refractivity contribution >= 4 is 11.4 Å². The maximum absolute atomic E-state index is 6.09. The zero-order chi connectivity index (χ0) is 14.0. The molecular weight excluding hydrogens is 250 g/mol. The summed E-state index contributed by atoms with van der Waals surface area (Å²) in [5, 5.41) is 0. The van der Waals surface area contributed by atoms with E-state index in [1.165, 1.54) is 17.8 Å². The monoisotopic (exact) mass is 275 g/mol. The lowest BCUT2D eigenvalue weighted by Crippen LogP contribution is -2.51. The van der Waals surface area contributed by atoms with Gasteiger partial charge in [-0.15, -0.1) is 0 Å². The molecule has 0 amide bonds. The lowest BCUT2D eigenvalue weighted by Gasteiger charge is -2.44. The third kappa shape index (κ3) is 2.50.